The number of nitrogens with zero attached hydrogens (tertiary/aromatic N) is 2. The first-order chi connectivity index (χ1) is 7.77. The van der Waals surface area contributed by atoms with Crippen molar-refractivity contribution in [2.45, 2.75) is 25.3 Å². The molecular formula is C12H19Cl2N3O. The van der Waals surface area contributed by atoms with Gasteiger partial charge in [0, 0.05) is 25.7 Å². The molecule has 1 N–H and O–H groups in total. The Labute approximate surface area is 120 Å². The van der Waals surface area contributed by atoms with Crippen LogP contribution in [0.15, 0.2) is 24.5 Å². The maximum atomic E-state index is 12.0. The van der Waals surface area contributed by atoms with Gasteiger partial charge in [0.1, 0.15) is 0 Å². The predicted molar refractivity (Wildman–Crippen MR) is 77.8 cm³/mol. The van der Waals surface area contributed by atoms with Crippen LogP contribution >= 0.6 is 24.8 Å². The summed E-state index contributed by atoms with van der Waals surface area (Å²) in [5.41, 5.74) is 0.852. The number of anilines is 1. The molecule has 0 spiro atoms. The number of nitrogens with one attached hydrogen (secondary N) is 1. The third kappa shape index (κ3) is 4.44. The van der Waals surface area contributed by atoms with Crippen LogP contribution < -0.4 is 10.2 Å². The summed E-state index contributed by atoms with van der Waals surface area (Å²) in [5.74, 6) is 0.146. The molecule has 102 valence electrons. The molecule has 1 saturated heterocycles. The van der Waals surface area contributed by atoms with Crippen molar-refractivity contribution < 1.29 is 4.79 Å². The Kier molecular flexibility index (Phi) is 7.91. The Morgan fingerprint density at radius 1 is 1.56 bits per heavy atom. The Balaban J connectivity index is 0.00000144. The number of hydrogen-bond donors (Lipinski definition) is 1. The molecule has 1 atom stereocenters. The van der Waals surface area contributed by atoms with Crippen molar-refractivity contribution in [1.82, 2.24) is 10.3 Å². The minimum absolute atomic E-state index is 0. The van der Waals surface area contributed by atoms with Gasteiger partial charge in [-0.3, -0.25) is 9.78 Å². The first kappa shape index (κ1) is 17.2. The number of carbonyl (C=O) groups is 1. The van der Waals surface area contributed by atoms with E-state index >= 15 is 0 Å². The highest BCUT2D eigenvalue weighted by Gasteiger charge is 2.20. The van der Waals surface area contributed by atoms with Crippen LogP contribution in [0.5, 0.6) is 0 Å². The van der Waals surface area contributed by atoms with Gasteiger partial charge in [0.15, 0.2) is 0 Å². The largest absolute Gasteiger partial charge is 0.314 e. The average Bonchev–Trinajstić information content (AvgIpc) is 2.82. The lowest BCUT2D eigenvalue weighted by Gasteiger charge is -2.19. The summed E-state index contributed by atoms with van der Waals surface area (Å²) in [6.07, 6.45) is 6.27. The summed E-state index contributed by atoms with van der Waals surface area (Å²) in [6.45, 7) is 1.04. The van der Waals surface area contributed by atoms with E-state index in [1.54, 1.807) is 24.3 Å². The number of amides is 1. The number of hydrogen-bond acceptors (Lipinski definition) is 3. The van der Waals surface area contributed by atoms with Crippen molar-refractivity contribution in [3.05, 3.63) is 24.5 Å². The van der Waals surface area contributed by atoms with E-state index in [-0.39, 0.29) is 30.7 Å². The van der Waals surface area contributed by atoms with E-state index in [1.165, 1.54) is 6.42 Å². The Hall–Kier alpha value is -0.840. The zero-order valence-electron chi connectivity index (χ0n) is 10.3. The number of carbonyl (C=O) groups excluding carboxylic acids is 1. The van der Waals surface area contributed by atoms with Gasteiger partial charge in [0.05, 0.1) is 11.9 Å². The first-order valence-corrected chi connectivity index (χ1v) is 5.67. The SMILES string of the molecule is CN(C(=O)CC1CCCN1)c1cccnc1.Cl.Cl. The molecule has 1 amide bonds. The van der Waals surface area contributed by atoms with Gasteiger partial charge in [0.25, 0.3) is 0 Å². The highest BCUT2D eigenvalue weighted by Crippen LogP contribution is 2.14. The molecule has 0 bridgehead atoms. The van der Waals surface area contributed by atoms with E-state index in [9.17, 15) is 4.79 Å². The number of aromatic nitrogens is 1. The number of rotatable bonds is 3. The molecular weight excluding hydrogens is 273 g/mol. The molecule has 0 radical (unpaired) electrons. The predicted octanol–water partition coefficient (Wildman–Crippen LogP) is 2.03. The molecule has 0 saturated carbocycles. The van der Waals surface area contributed by atoms with E-state index in [1.807, 2.05) is 12.1 Å². The summed E-state index contributed by atoms with van der Waals surface area (Å²) < 4.78 is 0. The minimum atomic E-state index is 0. The molecule has 18 heavy (non-hydrogen) atoms. The molecule has 1 unspecified atom stereocenters. The zero-order valence-corrected chi connectivity index (χ0v) is 12.0. The van der Waals surface area contributed by atoms with Crippen LogP contribution in [-0.2, 0) is 4.79 Å². The Bertz CT molecular complexity index is 356. The van der Waals surface area contributed by atoms with Crippen molar-refractivity contribution in [2.75, 3.05) is 18.5 Å². The summed E-state index contributed by atoms with van der Waals surface area (Å²) in [4.78, 5) is 17.6. The second-order valence-electron chi connectivity index (χ2n) is 4.16. The Morgan fingerprint density at radius 3 is 2.89 bits per heavy atom. The zero-order chi connectivity index (χ0) is 11.4. The molecule has 1 aliphatic heterocycles. The van der Waals surface area contributed by atoms with Crippen LogP contribution in [0.25, 0.3) is 0 Å². The van der Waals surface area contributed by atoms with Gasteiger partial charge in [-0.1, -0.05) is 0 Å². The van der Waals surface area contributed by atoms with Gasteiger partial charge in [-0.25, -0.2) is 0 Å². The second kappa shape index (κ2) is 8.29. The van der Waals surface area contributed by atoms with Crippen LogP contribution in [0.4, 0.5) is 5.69 Å². The second-order valence-corrected chi connectivity index (χ2v) is 4.16. The van der Waals surface area contributed by atoms with Crippen molar-refractivity contribution in [3.8, 4) is 0 Å². The van der Waals surface area contributed by atoms with Crippen LogP contribution in [0.1, 0.15) is 19.3 Å². The normalized spacial score (nSPS) is 17.5. The fourth-order valence-electron chi connectivity index (χ4n) is 1.97. The Morgan fingerprint density at radius 2 is 2.33 bits per heavy atom. The van der Waals surface area contributed by atoms with Gasteiger partial charge in [0.2, 0.25) is 5.91 Å². The third-order valence-corrected chi connectivity index (χ3v) is 2.99. The smallest absolute Gasteiger partial charge is 0.228 e. The van der Waals surface area contributed by atoms with Crippen LogP contribution in [-0.4, -0.2) is 30.5 Å². The highest BCUT2D eigenvalue weighted by atomic mass is 35.5. The molecule has 1 aromatic rings. The average molecular weight is 292 g/mol. The first-order valence-electron chi connectivity index (χ1n) is 5.67. The number of halogens is 2. The topological polar surface area (TPSA) is 45.2 Å². The summed E-state index contributed by atoms with van der Waals surface area (Å²) in [7, 11) is 1.80. The molecule has 0 aliphatic carbocycles. The molecule has 0 aromatic carbocycles. The molecule has 1 aliphatic rings. The molecule has 1 fully saturated rings. The lowest BCUT2D eigenvalue weighted by molar-refractivity contribution is -0.118. The lowest BCUT2D eigenvalue weighted by atomic mass is 10.1. The van der Waals surface area contributed by atoms with E-state index in [0.717, 1.165) is 18.7 Å². The maximum absolute atomic E-state index is 12.0. The van der Waals surface area contributed by atoms with Gasteiger partial charge < -0.3 is 10.2 Å². The van der Waals surface area contributed by atoms with E-state index in [2.05, 4.69) is 10.3 Å². The fraction of sp³-hybridized carbons (Fsp3) is 0.500. The monoisotopic (exact) mass is 291 g/mol. The summed E-state index contributed by atoms with van der Waals surface area (Å²) in [5, 5.41) is 3.33. The third-order valence-electron chi connectivity index (χ3n) is 2.99. The lowest BCUT2D eigenvalue weighted by Crippen LogP contribution is -2.33. The minimum Gasteiger partial charge on any atom is -0.314 e. The number of pyridine rings is 1. The van der Waals surface area contributed by atoms with E-state index in [4.69, 9.17) is 0 Å². The van der Waals surface area contributed by atoms with E-state index < -0.39 is 0 Å². The van der Waals surface area contributed by atoms with Crippen LogP contribution in [0.3, 0.4) is 0 Å². The van der Waals surface area contributed by atoms with Gasteiger partial charge in [-0.15, -0.1) is 24.8 Å². The van der Waals surface area contributed by atoms with Crippen LogP contribution in [0, 0.1) is 0 Å². The molecule has 6 heteroatoms. The molecule has 1 aromatic heterocycles. The quantitative estimate of drug-likeness (QED) is 0.927. The van der Waals surface area contributed by atoms with Crippen molar-refractivity contribution in [1.29, 1.82) is 0 Å². The van der Waals surface area contributed by atoms with E-state index in [0.29, 0.717) is 12.5 Å². The summed E-state index contributed by atoms with van der Waals surface area (Å²) >= 11 is 0. The molecule has 2 rings (SSSR count). The molecule has 4 nitrogen and oxygen atoms in total. The fourth-order valence-corrected chi connectivity index (χ4v) is 1.97. The van der Waals surface area contributed by atoms with Gasteiger partial charge >= 0.3 is 0 Å². The van der Waals surface area contributed by atoms with Crippen LogP contribution in [0.2, 0.25) is 0 Å². The highest BCUT2D eigenvalue weighted by molar-refractivity contribution is 5.92. The van der Waals surface area contributed by atoms with Crippen molar-refractivity contribution in [2.24, 2.45) is 0 Å². The van der Waals surface area contributed by atoms with Gasteiger partial charge in [-0.2, -0.15) is 0 Å². The standard InChI is InChI=1S/C12H17N3O.2ClH/c1-15(11-5-3-6-13-9-11)12(16)8-10-4-2-7-14-10;;/h3,5-6,9-10,14H,2,4,7-8H2,1H3;2*1H. The van der Waals surface area contributed by atoms with Crippen molar-refractivity contribution >= 4 is 36.4 Å². The van der Waals surface area contributed by atoms with Crippen molar-refractivity contribution in [3.63, 3.8) is 0 Å². The maximum Gasteiger partial charge on any atom is 0.228 e. The summed E-state index contributed by atoms with van der Waals surface area (Å²) in [6, 6.07) is 4.09. The molecule has 2 heterocycles. The van der Waals surface area contributed by atoms with Gasteiger partial charge in [-0.05, 0) is 31.5 Å².